The fourth-order valence-electron chi connectivity index (χ4n) is 6.08. The Morgan fingerprint density at radius 1 is 0.638 bits per heavy atom. The van der Waals surface area contributed by atoms with E-state index >= 15 is 0 Å². The van der Waals surface area contributed by atoms with E-state index in [-0.39, 0.29) is 0 Å². The van der Waals surface area contributed by atoms with Crippen molar-refractivity contribution in [3.8, 4) is 33.5 Å². The standard InChI is InChI=1S/C42H35N5/c1-44-41(47-42(43,37-11-4-2-5-12-37)38-13-6-3-7-14-38)36-28-34(30-17-21-32(22-18-30)39-15-8-9-25-45-39)27-35(29-36)31-19-23-33(24-20-31)40-16-10-26-46-40/h2-25,27-29,41,47H,1,26,43H2. The molecule has 1 atom stereocenters. The molecule has 5 nitrogen and oxygen atoms in total. The molecule has 0 saturated carbocycles. The Hall–Kier alpha value is -5.75. The molecular weight excluding hydrogens is 574 g/mol. The Bertz CT molecular complexity index is 1990. The minimum absolute atomic E-state index is 0.510. The maximum absolute atomic E-state index is 7.28. The molecule has 1 aliphatic rings. The van der Waals surface area contributed by atoms with E-state index in [2.05, 4.69) is 106 Å². The number of nitrogens with two attached hydrogens (primary N) is 1. The Balaban J connectivity index is 1.31. The Morgan fingerprint density at radius 2 is 1.19 bits per heavy atom. The lowest BCUT2D eigenvalue weighted by Crippen LogP contribution is -2.52. The topological polar surface area (TPSA) is 75.7 Å². The summed E-state index contributed by atoms with van der Waals surface area (Å²) in [5.41, 5.74) is 17.5. The molecule has 5 heteroatoms. The van der Waals surface area contributed by atoms with E-state index < -0.39 is 11.8 Å². The van der Waals surface area contributed by atoms with Crippen LogP contribution in [0, 0.1) is 0 Å². The highest BCUT2D eigenvalue weighted by Gasteiger charge is 2.32. The lowest BCUT2D eigenvalue weighted by molar-refractivity contribution is 0.361. The second-order valence-electron chi connectivity index (χ2n) is 11.6. The molecule has 228 valence electrons. The summed E-state index contributed by atoms with van der Waals surface area (Å²) in [4.78, 5) is 13.7. The lowest BCUT2D eigenvalue weighted by Gasteiger charge is -2.35. The van der Waals surface area contributed by atoms with Crippen LogP contribution in [0.4, 0.5) is 0 Å². The Labute approximate surface area is 275 Å². The van der Waals surface area contributed by atoms with Crippen molar-refractivity contribution in [1.29, 1.82) is 0 Å². The molecule has 0 saturated heterocycles. The van der Waals surface area contributed by atoms with Crippen LogP contribution in [0.1, 0.15) is 28.4 Å². The highest BCUT2D eigenvalue weighted by atomic mass is 15.2. The van der Waals surface area contributed by atoms with Crippen LogP contribution >= 0.6 is 0 Å². The molecule has 0 fully saturated rings. The number of allylic oxidation sites excluding steroid dienone is 1. The number of benzene rings is 5. The maximum Gasteiger partial charge on any atom is 0.126 e. The van der Waals surface area contributed by atoms with Gasteiger partial charge in [0, 0.05) is 11.8 Å². The molecule has 7 rings (SSSR count). The molecular formula is C42H35N5. The van der Waals surface area contributed by atoms with Crippen molar-refractivity contribution >= 4 is 12.4 Å². The molecule has 6 aromatic rings. The van der Waals surface area contributed by atoms with Crippen LogP contribution in [-0.2, 0) is 5.66 Å². The van der Waals surface area contributed by atoms with E-state index in [1.54, 1.807) is 0 Å². The van der Waals surface area contributed by atoms with Gasteiger partial charge < -0.3 is 5.73 Å². The average Bonchev–Trinajstić information content (AvgIpc) is 3.70. The summed E-state index contributed by atoms with van der Waals surface area (Å²) in [5.74, 6) is 0. The Kier molecular flexibility index (Phi) is 8.48. The van der Waals surface area contributed by atoms with Crippen LogP contribution in [0.15, 0.2) is 174 Å². The number of hydrogen-bond acceptors (Lipinski definition) is 5. The van der Waals surface area contributed by atoms with Crippen molar-refractivity contribution in [3.63, 3.8) is 0 Å². The highest BCUT2D eigenvalue weighted by Crippen LogP contribution is 2.35. The predicted octanol–water partition coefficient (Wildman–Crippen LogP) is 8.59. The first kappa shape index (κ1) is 29.9. The van der Waals surface area contributed by atoms with Crippen molar-refractivity contribution in [1.82, 2.24) is 10.3 Å². The van der Waals surface area contributed by atoms with Gasteiger partial charge in [-0.3, -0.25) is 20.3 Å². The molecule has 0 amide bonds. The summed E-state index contributed by atoms with van der Waals surface area (Å²) < 4.78 is 0. The van der Waals surface area contributed by atoms with Gasteiger partial charge >= 0.3 is 0 Å². The summed E-state index contributed by atoms with van der Waals surface area (Å²) in [5, 5.41) is 3.68. The third-order valence-electron chi connectivity index (χ3n) is 8.61. The zero-order valence-electron chi connectivity index (χ0n) is 26.0. The minimum atomic E-state index is -1.02. The quantitative estimate of drug-likeness (QED) is 0.121. The number of rotatable bonds is 10. The predicted molar refractivity (Wildman–Crippen MR) is 194 cm³/mol. The van der Waals surface area contributed by atoms with E-state index in [9.17, 15) is 0 Å². The van der Waals surface area contributed by atoms with Gasteiger partial charge in [-0.1, -0.05) is 121 Å². The van der Waals surface area contributed by atoms with Crippen molar-refractivity contribution in [3.05, 3.63) is 186 Å². The molecule has 1 unspecified atom stereocenters. The highest BCUT2D eigenvalue weighted by molar-refractivity contribution is 6.10. The van der Waals surface area contributed by atoms with Gasteiger partial charge in [0.15, 0.2) is 0 Å². The normalized spacial score (nSPS) is 13.3. The summed E-state index contributed by atoms with van der Waals surface area (Å²) >= 11 is 0. The Morgan fingerprint density at radius 3 is 1.70 bits per heavy atom. The van der Waals surface area contributed by atoms with Crippen LogP contribution in [0.5, 0.6) is 0 Å². The molecule has 0 bridgehead atoms. The van der Waals surface area contributed by atoms with Crippen LogP contribution in [0.2, 0.25) is 0 Å². The van der Waals surface area contributed by atoms with Gasteiger partial charge in [0.05, 0.1) is 18.0 Å². The summed E-state index contributed by atoms with van der Waals surface area (Å²) in [6.45, 7) is 4.76. The van der Waals surface area contributed by atoms with Gasteiger partial charge in [-0.05, 0) is 87.6 Å². The summed E-state index contributed by atoms with van der Waals surface area (Å²) in [6.07, 6.45) is 5.46. The fraction of sp³-hybridized carbons (Fsp3) is 0.0714. The second kappa shape index (κ2) is 13.3. The molecule has 0 radical (unpaired) electrons. The SMILES string of the molecule is C=NC(NC(N)(c1ccccc1)c1ccccc1)c1cc(-c2ccc(C3=NCC=C3)cc2)cc(-c2ccc(-c3ccccn3)cc2)c1. The summed E-state index contributed by atoms with van der Waals surface area (Å²) in [6, 6.07) is 49.8. The van der Waals surface area contributed by atoms with E-state index in [1.165, 1.54) is 0 Å². The molecule has 3 N–H and O–H groups in total. The number of nitrogens with zero attached hydrogens (tertiary/aromatic N) is 3. The van der Waals surface area contributed by atoms with Gasteiger partial charge in [0.2, 0.25) is 0 Å². The van der Waals surface area contributed by atoms with Gasteiger partial charge in [0.1, 0.15) is 11.8 Å². The monoisotopic (exact) mass is 609 g/mol. The fourth-order valence-corrected chi connectivity index (χ4v) is 6.08. The lowest BCUT2D eigenvalue weighted by atomic mass is 9.90. The molecule has 1 aromatic heterocycles. The van der Waals surface area contributed by atoms with E-state index in [4.69, 9.17) is 5.73 Å². The number of aliphatic imine (C=N–C) groups is 2. The van der Waals surface area contributed by atoms with E-state index in [1.807, 2.05) is 85.1 Å². The van der Waals surface area contributed by atoms with Gasteiger partial charge in [-0.25, -0.2) is 0 Å². The molecule has 47 heavy (non-hydrogen) atoms. The molecule has 5 aromatic carbocycles. The number of pyridine rings is 1. The maximum atomic E-state index is 7.28. The summed E-state index contributed by atoms with van der Waals surface area (Å²) in [7, 11) is 0. The molecule has 0 aliphatic carbocycles. The van der Waals surface area contributed by atoms with Crippen LogP contribution < -0.4 is 11.1 Å². The van der Waals surface area contributed by atoms with Crippen molar-refractivity contribution < 1.29 is 0 Å². The third kappa shape index (κ3) is 6.36. The molecule has 0 spiro atoms. The average molecular weight is 610 g/mol. The first-order valence-electron chi connectivity index (χ1n) is 15.7. The van der Waals surface area contributed by atoms with Crippen molar-refractivity contribution in [2.24, 2.45) is 15.7 Å². The van der Waals surface area contributed by atoms with Crippen molar-refractivity contribution in [2.45, 2.75) is 11.8 Å². The second-order valence-corrected chi connectivity index (χ2v) is 11.6. The van der Waals surface area contributed by atoms with Gasteiger partial charge in [-0.15, -0.1) is 0 Å². The third-order valence-corrected chi connectivity index (χ3v) is 8.61. The molecule has 1 aliphatic heterocycles. The van der Waals surface area contributed by atoms with E-state index in [0.29, 0.717) is 0 Å². The zero-order chi connectivity index (χ0) is 32.1. The van der Waals surface area contributed by atoms with Gasteiger partial charge in [0.25, 0.3) is 0 Å². The van der Waals surface area contributed by atoms with Crippen LogP contribution in [0.3, 0.4) is 0 Å². The zero-order valence-corrected chi connectivity index (χ0v) is 26.0. The number of nitrogens with one attached hydrogen (secondary N) is 1. The first-order chi connectivity index (χ1) is 23.1. The van der Waals surface area contributed by atoms with E-state index in [0.717, 1.165) is 68.0 Å². The smallest absolute Gasteiger partial charge is 0.126 e. The minimum Gasteiger partial charge on any atom is -0.306 e. The van der Waals surface area contributed by atoms with Crippen LogP contribution in [0.25, 0.3) is 33.5 Å². The van der Waals surface area contributed by atoms with Crippen molar-refractivity contribution in [2.75, 3.05) is 6.54 Å². The number of aromatic nitrogens is 1. The largest absolute Gasteiger partial charge is 0.306 e. The van der Waals surface area contributed by atoms with Crippen LogP contribution in [-0.4, -0.2) is 24.0 Å². The van der Waals surface area contributed by atoms with Gasteiger partial charge in [-0.2, -0.15) is 0 Å². The first-order valence-corrected chi connectivity index (χ1v) is 15.7. The molecule has 2 heterocycles. The number of hydrogen-bond donors (Lipinski definition) is 2.